The molecule has 0 radical (unpaired) electrons. The van der Waals surface area contributed by atoms with Crippen LogP contribution in [0, 0.1) is 0 Å². The molecule has 0 saturated heterocycles. The zero-order chi connectivity index (χ0) is 18.8. The van der Waals surface area contributed by atoms with Crippen molar-refractivity contribution >= 4 is 47.1 Å². The fraction of sp³-hybridized carbons (Fsp3) is 0.444. The number of thiophene rings is 2. The minimum atomic E-state index is -0.760. The zero-order valence-corrected chi connectivity index (χ0v) is 17.7. The monoisotopic (exact) mass is 431 g/mol. The van der Waals surface area contributed by atoms with Crippen LogP contribution < -0.4 is 11.1 Å². The fourth-order valence-electron chi connectivity index (χ4n) is 2.63. The maximum atomic E-state index is 13.1. The predicted molar refractivity (Wildman–Crippen MR) is 112 cm³/mol. The number of ether oxygens (including phenoxy) is 1. The quantitative estimate of drug-likeness (QED) is 0.532. The second-order valence-electron chi connectivity index (χ2n) is 5.86. The Bertz CT molecular complexity index is 629. The molecule has 0 aliphatic rings. The standard InChI is InChI=1S/C18H25N3O3S2.ClH/c1-20-16(8-2-3-9-24-18(19)23)17(22)21(12-14-6-4-10-25-14)13-15-7-5-11-26-15;/h4-7,10-11,16,20H,2-3,8-9,12-13H2,1H3,(H2,19,23);1H/t16-;/m0./s1. The highest BCUT2D eigenvalue weighted by atomic mass is 35.5. The van der Waals surface area contributed by atoms with E-state index in [0.29, 0.717) is 25.9 Å². The fourth-order valence-corrected chi connectivity index (χ4v) is 4.07. The summed E-state index contributed by atoms with van der Waals surface area (Å²) in [7, 11) is 1.80. The minimum Gasteiger partial charge on any atom is -0.450 e. The van der Waals surface area contributed by atoms with Crippen LogP contribution >= 0.6 is 35.1 Å². The number of amides is 2. The van der Waals surface area contributed by atoms with Crippen LogP contribution in [0.1, 0.15) is 29.0 Å². The molecular weight excluding hydrogens is 406 g/mol. The summed E-state index contributed by atoms with van der Waals surface area (Å²) in [5, 5.41) is 7.17. The van der Waals surface area contributed by atoms with Crippen LogP contribution in [0.5, 0.6) is 0 Å². The summed E-state index contributed by atoms with van der Waals surface area (Å²) < 4.78 is 4.73. The van der Waals surface area contributed by atoms with Gasteiger partial charge in [-0.3, -0.25) is 4.79 Å². The van der Waals surface area contributed by atoms with E-state index >= 15 is 0 Å². The topological polar surface area (TPSA) is 84.7 Å². The number of nitrogens with two attached hydrogens (primary N) is 1. The molecule has 0 bridgehead atoms. The molecule has 1 atom stereocenters. The Labute approximate surface area is 174 Å². The van der Waals surface area contributed by atoms with Gasteiger partial charge in [-0.05, 0) is 49.2 Å². The van der Waals surface area contributed by atoms with E-state index < -0.39 is 6.09 Å². The zero-order valence-electron chi connectivity index (χ0n) is 15.3. The molecule has 0 aliphatic carbocycles. The Kier molecular flexibility index (Phi) is 11.0. The average molecular weight is 432 g/mol. The van der Waals surface area contributed by atoms with Crippen LogP contribution in [0.2, 0.25) is 0 Å². The van der Waals surface area contributed by atoms with Crippen molar-refractivity contribution in [3.05, 3.63) is 44.8 Å². The number of carbonyl (C=O) groups excluding carboxylic acids is 2. The Morgan fingerprint density at radius 1 is 1.15 bits per heavy atom. The highest BCUT2D eigenvalue weighted by Crippen LogP contribution is 2.19. The summed E-state index contributed by atoms with van der Waals surface area (Å²) in [5.41, 5.74) is 4.95. The van der Waals surface area contributed by atoms with Crippen molar-refractivity contribution in [1.29, 1.82) is 0 Å². The summed E-state index contributed by atoms with van der Waals surface area (Å²) in [4.78, 5) is 27.9. The third-order valence-electron chi connectivity index (χ3n) is 3.94. The molecule has 0 saturated carbocycles. The van der Waals surface area contributed by atoms with Gasteiger partial charge in [0.1, 0.15) is 0 Å². The first kappa shape index (κ1) is 23.4. The van der Waals surface area contributed by atoms with Gasteiger partial charge in [0.15, 0.2) is 0 Å². The van der Waals surface area contributed by atoms with Crippen LogP contribution in [0.15, 0.2) is 35.0 Å². The first-order valence-corrected chi connectivity index (χ1v) is 10.3. The van der Waals surface area contributed by atoms with Gasteiger partial charge in [-0.1, -0.05) is 12.1 Å². The number of nitrogens with zero attached hydrogens (tertiary/aromatic N) is 1. The minimum absolute atomic E-state index is 0. The van der Waals surface area contributed by atoms with Gasteiger partial charge in [0, 0.05) is 9.75 Å². The van der Waals surface area contributed by atoms with Gasteiger partial charge in [0.2, 0.25) is 5.91 Å². The van der Waals surface area contributed by atoms with Gasteiger partial charge in [-0.2, -0.15) is 0 Å². The number of primary amides is 1. The van der Waals surface area contributed by atoms with E-state index in [0.717, 1.165) is 6.42 Å². The van der Waals surface area contributed by atoms with E-state index in [2.05, 4.69) is 17.4 Å². The number of carbonyl (C=O) groups is 2. The third-order valence-corrected chi connectivity index (χ3v) is 5.67. The lowest BCUT2D eigenvalue weighted by molar-refractivity contribution is -0.134. The van der Waals surface area contributed by atoms with Gasteiger partial charge >= 0.3 is 6.09 Å². The Morgan fingerprint density at radius 2 is 1.74 bits per heavy atom. The van der Waals surface area contributed by atoms with Crippen LogP contribution in [-0.4, -0.2) is 36.6 Å². The lowest BCUT2D eigenvalue weighted by Gasteiger charge is -2.26. The van der Waals surface area contributed by atoms with E-state index in [1.807, 2.05) is 27.8 Å². The number of halogens is 1. The summed E-state index contributed by atoms with van der Waals surface area (Å²) in [6.45, 7) is 1.50. The summed E-state index contributed by atoms with van der Waals surface area (Å²) in [6.07, 6.45) is 1.38. The SMILES string of the molecule is CN[C@@H](CCCCOC(N)=O)C(=O)N(Cc1cccs1)Cc1cccs1.Cl. The van der Waals surface area contributed by atoms with Crippen molar-refractivity contribution < 1.29 is 14.3 Å². The Balaban J connectivity index is 0.00000364. The molecule has 27 heavy (non-hydrogen) atoms. The van der Waals surface area contributed by atoms with Gasteiger partial charge in [0.05, 0.1) is 25.7 Å². The van der Waals surface area contributed by atoms with E-state index in [1.165, 1.54) is 9.75 Å². The maximum absolute atomic E-state index is 13.1. The molecule has 6 nitrogen and oxygen atoms in total. The molecule has 2 heterocycles. The van der Waals surface area contributed by atoms with Crippen LogP contribution in [0.3, 0.4) is 0 Å². The van der Waals surface area contributed by atoms with Gasteiger partial charge in [-0.25, -0.2) is 4.79 Å². The molecule has 0 aliphatic heterocycles. The highest BCUT2D eigenvalue weighted by molar-refractivity contribution is 7.10. The number of rotatable bonds is 11. The van der Waals surface area contributed by atoms with Crippen molar-refractivity contribution in [2.45, 2.75) is 38.4 Å². The van der Waals surface area contributed by atoms with Crippen LogP contribution in [0.4, 0.5) is 4.79 Å². The molecule has 2 aromatic heterocycles. The van der Waals surface area contributed by atoms with Gasteiger partial charge < -0.3 is 20.7 Å². The van der Waals surface area contributed by atoms with E-state index in [9.17, 15) is 9.59 Å². The van der Waals surface area contributed by atoms with E-state index in [4.69, 9.17) is 10.5 Å². The number of likely N-dealkylation sites (N-methyl/N-ethyl adjacent to an activating group) is 1. The molecular formula is C18H26ClN3O3S2. The smallest absolute Gasteiger partial charge is 0.404 e. The highest BCUT2D eigenvalue weighted by Gasteiger charge is 2.23. The molecule has 0 spiro atoms. The van der Waals surface area contributed by atoms with Gasteiger partial charge in [-0.15, -0.1) is 35.1 Å². The second-order valence-corrected chi connectivity index (χ2v) is 7.92. The molecule has 150 valence electrons. The number of nitrogens with one attached hydrogen (secondary N) is 1. The predicted octanol–water partition coefficient (Wildman–Crippen LogP) is 3.61. The Hall–Kier alpha value is -1.61. The third kappa shape index (κ3) is 8.30. The molecule has 9 heteroatoms. The lowest BCUT2D eigenvalue weighted by Crippen LogP contribution is -2.44. The maximum Gasteiger partial charge on any atom is 0.404 e. The second kappa shape index (κ2) is 12.7. The number of hydrogen-bond acceptors (Lipinski definition) is 6. The Morgan fingerprint density at radius 3 is 2.19 bits per heavy atom. The van der Waals surface area contributed by atoms with E-state index in [1.54, 1.807) is 29.7 Å². The average Bonchev–Trinajstić information content (AvgIpc) is 3.30. The van der Waals surface area contributed by atoms with Crippen molar-refractivity contribution in [2.24, 2.45) is 5.73 Å². The van der Waals surface area contributed by atoms with Crippen molar-refractivity contribution in [3.63, 3.8) is 0 Å². The van der Waals surface area contributed by atoms with Gasteiger partial charge in [0.25, 0.3) is 0 Å². The lowest BCUT2D eigenvalue weighted by atomic mass is 10.1. The first-order valence-electron chi connectivity index (χ1n) is 8.53. The molecule has 2 aromatic rings. The molecule has 2 amide bonds. The molecule has 0 aromatic carbocycles. The first-order chi connectivity index (χ1) is 12.6. The molecule has 3 N–H and O–H groups in total. The normalized spacial score (nSPS) is 11.4. The number of unbranched alkanes of at least 4 members (excludes halogenated alkanes) is 1. The molecule has 2 rings (SSSR count). The van der Waals surface area contributed by atoms with Crippen molar-refractivity contribution in [3.8, 4) is 0 Å². The van der Waals surface area contributed by atoms with Crippen molar-refractivity contribution in [2.75, 3.05) is 13.7 Å². The summed E-state index contributed by atoms with van der Waals surface area (Å²) in [5.74, 6) is 0.0881. The van der Waals surface area contributed by atoms with E-state index in [-0.39, 0.29) is 31.0 Å². The van der Waals surface area contributed by atoms with Crippen molar-refractivity contribution in [1.82, 2.24) is 10.2 Å². The van der Waals surface area contributed by atoms with Crippen LogP contribution in [0.25, 0.3) is 0 Å². The van der Waals surface area contributed by atoms with Crippen LogP contribution in [-0.2, 0) is 22.6 Å². The number of hydrogen-bond donors (Lipinski definition) is 2. The largest absolute Gasteiger partial charge is 0.450 e. The molecule has 0 fully saturated rings. The summed E-state index contributed by atoms with van der Waals surface area (Å²) >= 11 is 3.31. The summed E-state index contributed by atoms with van der Waals surface area (Å²) in [6, 6.07) is 7.84. The molecule has 0 unspecified atom stereocenters.